The normalized spacial score (nSPS) is 10.2. The van der Waals surface area contributed by atoms with Gasteiger partial charge >= 0.3 is 5.97 Å². The molecule has 26 heavy (non-hydrogen) atoms. The lowest BCUT2D eigenvalue weighted by molar-refractivity contribution is -0.137. The number of carboxylic acid groups (broad SMARTS) is 1. The predicted octanol–water partition coefficient (Wildman–Crippen LogP) is 2.70. The first kappa shape index (κ1) is 19.5. The highest BCUT2D eigenvalue weighted by molar-refractivity contribution is 7.12. The minimum absolute atomic E-state index is 0.0514. The molecule has 2 aromatic rings. The SMILES string of the molecule is CN(CC(=O)Nc1ccc(OCCCC(=O)O)cc1)C(=O)c1cccs1. The van der Waals surface area contributed by atoms with Crippen molar-refractivity contribution in [2.45, 2.75) is 12.8 Å². The summed E-state index contributed by atoms with van der Waals surface area (Å²) in [5.41, 5.74) is 0.588. The summed E-state index contributed by atoms with van der Waals surface area (Å²) in [6.45, 7) is 0.262. The van der Waals surface area contributed by atoms with Crippen molar-refractivity contribution in [3.05, 3.63) is 46.7 Å². The van der Waals surface area contributed by atoms with Crippen LogP contribution in [0.25, 0.3) is 0 Å². The Morgan fingerprint density at radius 3 is 2.54 bits per heavy atom. The number of likely N-dealkylation sites (N-methyl/N-ethyl adjacent to an activating group) is 1. The van der Waals surface area contributed by atoms with Crippen molar-refractivity contribution >= 4 is 34.8 Å². The molecule has 8 heteroatoms. The standard InChI is InChI=1S/C18H20N2O5S/c1-20(18(24)15-4-3-11-26-15)12-16(21)19-13-6-8-14(9-7-13)25-10-2-5-17(22)23/h3-4,6-9,11H,2,5,10,12H2,1H3,(H,19,21)(H,22,23). The molecular weight excluding hydrogens is 356 g/mol. The van der Waals surface area contributed by atoms with Crippen LogP contribution in [-0.4, -0.2) is 48.0 Å². The molecule has 0 aliphatic heterocycles. The Kier molecular flexibility index (Phi) is 7.16. The van der Waals surface area contributed by atoms with Gasteiger partial charge in [-0.1, -0.05) is 6.07 Å². The topological polar surface area (TPSA) is 95.9 Å². The molecule has 0 radical (unpaired) electrons. The van der Waals surface area contributed by atoms with Crippen LogP contribution in [0.3, 0.4) is 0 Å². The minimum Gasteiger partial charge on any atom is -0.494 e. The minimum atomic E-state index is -0.853. The molecule has 1 heterocycles. The molecule has 7 nitrogen and oxygen atoms in total. The fourth-order valence-corrected chi connectivity index (χ4v) is 2.84. The largest absolute Gasteiger partial charge is 0.494 e. The molecule has 0 unspecified atom stereocenters. The zero-order chi connectivity index (χ0) is 18.9. The lowest BCUT2D eigenvalue weighted by atomic mass is 10.3. The number of amides is 2. The van der Waals surface area contributed by atoms with E-state index >= 15 is 0 Å². The third kappa shape index (κ3) is 6.21. The molecular formula is C18H20N2O5S. The lowest BCUT2D eigenvalue weighted by Crippen LogP contribution is -2.34. The maximum atomic E-state index is 12.1. The predicted molar refractivity (Wildman–Crippen MR) is 98.7 cm³/mol. The fourth-order valence-electron chi connectivity index (χ4n) is 2.12. The highest BCUT2D eigenvalue weighted by Crippen LogP contribution is 2.16. The molecule has 2 N–H and O–H groups in total. The molecule has 2 rings (SSSR count). The first-order valence-corrected chi connectivity index (χ1v) is 8.87. The van der Waals surface area contributed by atoms with Crippen LogP contribution < -0.4 is 10.1 Å². The molecule has 0 bridgehead atoms. The van der Waals surface area contributed by atoms with Gasteiger partial charge in [0.1, 0.15) is 5.75 Å². The third-order valence-electron chi connectivity index (χ3n) is 3.40. The van der Waals surface area contributed by atoms with E-state index in [1.165, 1.54) is 16.2 Å². The Morgan fingerprint density at radius 2 is 1.92 bits per heavy atom. The summed E-state index contributed by atoms with van der Waals surface area (Å²) in [6, 6.07) is 10.3. The maximum Gasteiger partial charge on any atom is 0.303 e. The van der Waals surface area contributed by atoms with E-state index in [4.69, 9.17) is 9.84 Å². The van der Waals surface area contributed by atoms with Crippen LogP contribution in [0.15, 0.2) is 41.8 Å². The second-order valence-corrected chi connectivity index (χ2v) is 6.50. The van der Waals surface area contributed by atoms with Crippen LogP contribution >= 0.6 is 11.3 Å². The Bertz CT molecular complexity index is 743. The van der Waals surface area contributed by atoms with E-state index in [9.17, 15) is 14.4 Å². The van der Waals surface area contributed by atoms with E-state index in [1.807, 2.05) is 5.38 Å². The maximum absolute atomic E-state index is 12.1. The van der Waals surface area contributed by atoms with Crippen LogP contribution in [0.4, 0.5) is 5.69 Å². The van der Waals surface area contributed by atoms with Crippen LogP contribution in [0.5, 0.6) is 5.75 Å². The van der Waals surface area contributed by atoms with Gasteiger partial charge in [0.25, 0.3) is 5.91 Å². The summed E-state index contributed by atoms with van der Waals surface area (Å²) in [7, 11) is 1.58. The number of rotatable bonds is 9. The van der Waals surface area contributed by atoms with Crippen molar-refractivity contribution in [2.24, 2.45) is 0 Å². The van der Waals surface area contributed by atoms with Crippen LogP contribution in [-0.2, 0) is 9.59 Å². The number of carbonyl (C=O) groups is 3. The average molecular weight is 376 g/mol. The number of ether oxygens (including phenoxy) is 1. The van der Waals surface area contributed by atoms with Gasteiger partial charge < -0.3 is 20.1 Å². The van der Waals surface area contributed by atoms with Crippen molar-refractivity contribution < 1.29 is 24.2 Å². The second-order valence-electron chi connectivity index (χ2n) is 5.56. The summed E-state index contributed by atoms with van der Waals surface area (Å²) in [6.07, 6.45) is 0.490. The highest BCUT2D eigenvalue weighted by Gasteiger charge is 2.15. The Hall–Kier alpha value is -2.87. The van der Waals surface area contributed by atoms with E-state index in [-0.39, 0.29) is 24.8 Å². The van der Waals surface area contributed by atoms with E-state index < -0.39 is 5.97 Å². The van der Waals surface area contributed by atoms with Crippen LogP contribution in [0.1, 0.15) is 22.5 Å². The molecule has 0 fully saturated rings. The van der Waals surface area contributed by atoms with E-state index in [1.54, 1.807) is 43.4 Å². The number of benzene rings is 1. The van der Waals surface area contributed by atoms with Crippen molar-refractivity contribution in [2.75, 3.05) is 25.5 Å². The van der Waals surface area contributed by atoms with Crippen molar-refractivity contribution in [3.63, 3.8) is 0 Å². The molecule has 0 aliphatic carbocycles. The van der Waals surface area contributed by atoms with Gasteiger partial charge in [-0.25, -0.2) is 0 Å². The molecule has 1 aromatic heterocycles. The quantitative estimate of drug-likeness (QED) is 0.656. The van der Waals surface area contributed by atoms with Crippen molar-refractivity contribution in [1.29, 1.82) is 0 Å². The number of nitrogens with one attached hydrogen (secondary N) is 1. The number of aliphatic carboxylic acids is 1. The molecule has 0 saturated heterocycles. The van der Waals surface area contributed by atoms with Crippen LogP contribution in [0.2, 0.25) is 0 Å². The van der Waals surface area contributed by atoms with E-state index in [0.29, 0.717) is 29.3 Å². The second kappa shape index (κ2) is 9.57. The Balaban J connectivity index is 1.78. The van der Waals surface area contributed by atoms with Gasteiger partial charge in [0.05, 0.1) is 18.0 Å². The van der Waals surface area contributed by atoms with Crippen molar-refractivity contribution in [1.82, 2.24) is 4.90 Å². The highest BCUT2D eigenvalue weighted by atomic mass is 32.1. The molecule has 1 aromatic carbocycles. The number of hydrogen-bond acceptors (Lipinski definition) is 5. The van der Waals surface area contributed by atoms with Gasteiger partial charge in [-0.2, -0.15) is 0 Å². The lowest BCUT2D eigenvalue weighted by Gasteiger charge is -2.16. The number of hydrogen-bond donors (Lipinski definition) is 2. The van der Waals surface area contributed by atoms with E-state index in [2.05, 4.69) is 5.32 Å². The monoisotopic (exact) mass is 376 g/mol. The summed E-state index contributed by atoms with van der Waals surface area (Å²) in [5.74, 6) is -0.750. The van der Waals surface area contributed by atoms with Crippen molar-refractivity contribution in [3.8, 4) is 5.75 Å². The number of anilines is 1. The zero-order valence-electron chi connectivity index (χ0n) is 14.3. The van der Waals surface area contributed by atoms with Gasteiger partial charge in [0, 0.05) is 19.2 Å². The number of carbonyl (C=O) groups excluding carboxylic acids is 2. The first-order valence-electron chi connectivity index (χ1n) is 7.99. The molecule has 138 valence electrons. The molecule has 0 aliphatic rings. The van der Waals surface area contributed by atoms with Gasteiger partial charge in [-0.15, -0.1) is 11.3 Å². The first-order chi connectivity index (χ1) is 12.5. The van der Waals surface area contributed by atoms with Gasteiger partial charge in [0.2, 0.25) is 5.91 Å². The summed E-state index contributed by atoms with van der Waals surface area (Å²) in [5, 5.41) is 13.1. The fraction of sp³-hybridized carbons (Fsp3) is 0.278. The molecule has 0 spiro atoms. The van der Waals surface area contributed by atoms with Crippen LogP contribution in [0, 0.1) is 0 Å². The zero-order valence-corrected chi connectivity index (χ0v) is 15.1. The summed E-state index contributed by atoms with van der Waals surface area (Å²) < 4.78 is 5.43. The Labute approximate surface area is 155 Å². The number of carboxylic acids is 1. The average Bonchev–Trinajstić information content (AvgIpc) is 3.13. The van der Waals surface area contributed by atoms with Gasteiger partial charge in [-0.05, 0) is 42.1 Å². The summed E-state index contributed by atoms with van der Waals surface area (Å²) >= 11 is 1.33. The summed E-state index contributed by atoms with van der Waals surface area (Å²) in [4.78, 5) is 36.6. The molecule has 2 amide bonds. The number of nitrogens with zero attached hydrogens (tertiary/aromatic N) is 1. The van der Waals surface area contributed by atoms with E-state index in [0.717, 1.165) is 0 Å². The number of thiophene rings is 1. The van der Waals surface area contributed by atoms with Gasteiger partial charge in [0.15, 0.2) is 0 Å². The van der Waals surface area contributed by atoms with Gasteiger partial charge in [-0.3, -0.25) is 14.4 Å². The molecule has 0 saturated carbocycles. The smallest absolute Gasteiger partial charge is 0.303 e. The molecule has 0 atom stereocenters. The Morgan fingerprint density at radius 1 is 1.19 bits per heavy atom. The third-order valence-corrected chi connectivity index (χ3v) is 4.26.